The molecule has 2 rings (SSSR count). The second-order valence-corrected chi connectivity index (χ2v) is 3.19. The molecule has 0 fully saturated rings. The number of hydrogen-bond acceptors (Lipinski definition) is 4. The first-order chi connectivity index (χ1) is 6.77. The van der Waals surface area contributed by atoms with E-state index < -0.39 is 5.82 Å². The van der Waals surface area contributed by atoms with Gasteiger partial charge < -0.3 is 0 Å². The highest BCUT2D eigenvalue weighted by atomic mass is 32.1. The molecule has 3 nitrogen and oxygen atoms in total. The molecule has 1 heterocycles. The maximum absolute atomic E-state index is 12.8. The molecule has 5 heteroatoms. The predicted molar refractivity (Wildman–Crippen MR) is 49.7 cm³/mol. The van der Waals surface area contributed by atoms with Crippen molar-refractivity contribution < 1.29 is 9.18 Å². The van der Waals surface area contributed by atoms with Gasteiger partial charge in [-0.3, -0.25) is 4.79 Å². The maximum Gasteiger partial charge on any atom is 0.214 e. The second kappa shape index (κ2) is 3.63. The van der Waals surface area contributed by atoms with Gasteiger partial charge in [-0.25, -0.2) is 4.39 Å². The molecule has 0 aliphatic rings. The lowest BCUT2D eigenvalue weighted by Crippen LogP contribution is -2.01. The molecule has 0 unspecified atom stereocenters. The zero-order valence-corrected chi connectivity index (χ0v) is 7.79. The molecule has 1 aromatic heterocycles. The van der Waals surface area contributed by atoms with Crippen LogP contribution in [0.25, 0.3) is 0 Å². The zero-order chi connectivity index (χ0) is 9.97. The predicted octanol–water partition coefficient (Wildman–Crippen LogP) is 1.91. The molecule has 0 N–H and O–H groups in total. The minimum atomic E-state index is -0.431. The van der Waals surface area contributed by atoms with E-state index in [0.717, 1.165) is 11.7 Å². The molecule has 0 bridgehead atoms. The van der Waals surface area contributed by atoms with Crippen molar-refractivity contribution in [3.8, 4) is 0 Å². The number of benzene rings is 1. The van der Waals surface area contributed by atoms with Crippen LogP contribution in [-0.2, 0) is 0 Å². The molecule has 0 spiro atoms. The summed E-state index contributed by atoms with van der Waals surface area (Å²) in [6, 6.07) is 5.50. The SMILES string of the molecule is O=C(c1cccc(F)c1)c1cnsn1. The van der Waals surface area contributed by atoms with Gasteiger partial charge in [-0.05, 0) is 12.1 Å². The van der Waals surface area contributed by atoms with Gasteiger partial charge in [0.25, 0.3) is 0 Å². The lowest BCUT2D eigenvalue weighted by molar-refractivity contribution is 0.103. The Morgan fingerprint density at radius 2 is 2.29 bits per heavy atom. The average molecular weight is 208 g/mol. The fraction of sp³-hybridized carbons (Fsp3) is 0. The third-order valence-electron chi connectivity index (χ3n) is 1.68. The van der Waals surface area contributed by atoms with Gasteiger partial charge in [-0.2, -0.15) is 8.75 Å². The normalized spacial score (nSPS) is 10.1. The summed E-state index contributed by atoms with van der Waals surface area (Å²) < 4.78 is 20.3. The van der Waals surface area contributed by atoms with Crippen LogP contribution < -0.4 is 0 Å². The number of carbonyl (C=O) groups excluding carboxylic acids is 1. The van der Waals surface area contributed by atoms with Crippen LogP contribution in [0.4, 0.5) is 4.39 Å². The maximum atomic E-state index is 12.8. The van der Waals surface area contributed by atoms with E-state index in [1.807, 2.05) is 0 Å². The van der Waals surface area contributed by atoms with Crippen molar-refractivity contribution in [3.05, 3.63) is 47.5 Å². The molecule has 0 atom stereocenters. The van der Waals surface area contributed by atoms with Crippen LogP contribution in [0.1, 0.15) is 16.1 Å². The summed E-state index contributed by atoms with van der Waals surface area (Å²) >= 11 is 0.952. The summed E-state index contributed by atoms with van der Waals surface area (Å²) in [4.78, 5) is 11.6. The van der Waals surface area contributed by atoms with Gasteiger partial charge in [0.2, 0.25) is 5.78 Å². The molecule has 2 aromatic rings. The van der Waals surface area contributed by atoms with Crippen molar-refractivity contribution in [1.82, 2.24) is 8.75 Å². The van der Waals surface area contributed by atoms with E-state index in [1.165, 1.54) is 24.4 Å². The summed E-state index contributed by atoms with van der Waals surface area (Å²) in [7, 11) is 0. The number of aromatic nitrogens is 2. The Bertz CT molecular complexity index is 456. The first-order valence-corrected chi connectivity index (χ1v) is 4.58. The van der Waals surface area contributed by atoms with Gasteiger partial charge in [-0.15, -0.1) is 0 Å². The number of rotatable bonds is 2. The van der Waals surface area contributed by atoms with Gasteiger partial charge >= 0.3 is 0 Å². The third kappa shape index (κ3) is 1.67. The molecule has 1 aromatic carbocycles. The molecular weight excluding hydrogens is 203 g/mol. The molecular formula is C9H5FN2OS. The number of nitrogens with zero attached hydrogens (tertiary/aromatic N) is 2. The molecule has 0 aliphatic carbocycles. The zero-order valence-electron chi connectivity index (χ0n) is 6.98. The van der Waals surface area contributed by atoms with Gasteiger partial charge in [0, 0.05) is 5.56 Å². The van der Waals surface area contributed by atoms with Crippen molar-refractivity contribution in [2.45, 2.75) is 0 Å². The number of hydrogen-bond donors (Lipinski definition) is 0. The van der Waals surface area contributed by atoms with Crippen LogP contribution >= 0.6 is 11.7 Å². The Hall–Kier alpha value is -1.62. The summed E-state index contributed by atoms with van der Waals surface area (Å²) in [5.41, 5.74) is 0.540. The summed E-state index contributed by atoms with van der Waals surface area (Å²) in [5, 5.41) is 0. The fourth-order valence-electron chi connectivity index (χ4n) is 1.04. The molecule has 0 aliphatic heterocycles. The molecule has 70 valence electrons. The quantitative estimate of drug-likeness (QED) is 0.708. The Balaban J connectivity index is 2.37. The first-order valence-electron chi connectivity index (χ1n) is 3.85. The second-order valence-electron chi connectivity index (χ2n) is 2.63. The molecule has 0 saturated heterocycles. The van der Waals surface area contributed by atoms with Crippen LogP contribution in [0, 0.1) is 5.82 Å². The Kier molecular flexibility index (Phi) is 2.32. The third-order valence-corrected chi connectivity index (χ3v) is 2.16. The highest BCUT2D eigenvalue weighted by molar-refractivity contribution is 6.99. The summed E-state index contributed by atoms with van der Waals surface area (Å²) in [6.07, 6.45) is 1.37. The summed E-state index contributed by atoms with van der Waals surface area (Å²) in [6.45, 7) is 0. The van der Waals surface area contributed by atoms with E-state index in [9.17, 15) is 9.18 Å². The number of ketones is 1. The van der Waals surface area contributed by atoms with Gasteiger partial charge in [0.05, 0.1) is 17.9 Å². The van der Waals surface area contributed by atoms with Crippen molar-refractivity contribution in [3.63, 3.8) is 0 Å². The largest absolute Gasteiger partial charge is 0.287 e. The lowest BCUT2D eigenvalue weighted by Gasteiger charge is -1.95. The van der Waals surface area contributed by atoms with Gasteiger partial charge in [0.15, 0.2) is 0 Å². The molecule has 0 amide bonds. The minimum Gasteiger partial charge on any atom is -0.287 e. The van der Waals surface area contributed by atoms with Gasteiger partial charge in [0.1, 0.15) is 11.5 Å². The van der Waals surface area contributed by atoms with Crippen LogP contribution in [0.2, 0.25) is 0 Å². The van der Waals surface area contributed by atoms with Crippen molar-refractivity contribution in [2.24, 2.45) is 0 Å². The number of halogens is 1. The van der Waals surface area contributed by atoms with Crippen molar-refractivity contribution in [1.29, 1.82) is 0 Å². The Morgan fingerprint density at radius 3 is 2.93 bits per heavy atom. The van der Waals surface area contributed by atoms with Crippen molar-refractivity contribution >= 4 is 17.5 Å². The van der Waals surface area contributed by atoms with E-state index in [1.54, 1.807) is 6.07 Å². The highest BCUT2D eigenvalue weighted by Crippen LogP contribution is 2.09. The van der Waals surface area contributed by atoms with E-state index in [0.29, 0.717) is 0 Å². The Morgan fingerprint density at radius 1 is 1.43 bits per heavy atom. The minimum absolute atomic E-state index is 0.251. The van der Waals surface area contributed by atoms with Crippen LogP contribution in [0.15, 0.2) is 30.5 Å². The van der Waals surface area contributed by atoms with E-state index in [4.69, 9.17) is 0 Å². The summed E-state index contributed by atoms with van der Waals surface area (Å²) in [5.74, 6) is -0.739. The standard InChI is InChI=1S/C9H5FN2OS/c10-7-3-1-2-6(4-7)9(13)8-5-11-14-12-8/h1-5H. The van der Waals surface area contributed by atoms with Crippen LogP contribution in [-0.4, -0.2) is 14.5 Å². The first kappa shape index (κ1) is 8.96. The lowest BCUT2D eigenvalue weighted by atomic mass is 10.1. The average Bonchev–Trinajstić information content (AvgIpc) is 2.69. The van der Waals surface area contributed by atoms with Crippen LogP contribution in [0.5, 0.6) is 0 Å². The monoisotopic (exact) mass is 208 g/mol. The molecule has 14 heavy (non-hydrogen) atoms. The molecule has 0 saturated carbocycles. The van der Waals surface area contributed by atoms with Gasteiger partial charge in [-0.1, -0.05) is 12.1 Å². The smallest absolute Gasteiger partial charge is 0.214 e. The van der Waals surface area contributed by atoms with Crippen LogP contribution in [0.3, 0.4) is 0 Å². The number of carbonyl (C=O) groups is 1. The molecule has 0 radical (unpaired) electrons. The fourth-order valence-corrected chi connectivity index (χ4v) is 1.45. The van der Waals surface area contributed by atoms with E-state index >= 15 is 0 Å². The topological polar surface area (TPSA) is 42.9 Å². The van der Waals surface area contributed by atoms with E-state index in [2.05, 4.69) is 8.75 Å². The Labute approximate surface area is 83.5 Å². The van der Waals surface area contributed by atoms with E-state index in [-0.39, 0.29) is 17.0 Å². The highest BCUT2D eigenvalue weighted by Gasteiger charge is 2.11. The van der Waals surface area contributed by atoms with Crippen molar-refractivity contribution in [2.75, 3.05) is 0 Å².